The van der Waals surface area contributed by atoms with Gasteiger partial charge < -0.3 is 10.2 Å². The molecule has 7 nitrogen and oxygen atoms in total. The summed E-state index contributed by atoms with van der Waals surface area (Å²) < 4.78 is 1.46. The third kappa shape index (κ3) is 3.61. The maximum atomic E-state index is 12.5. The second-order valence-corrected chi connectivity index (χ2v) is 7.06. The minimum Gasteiger partial charge on any atom is -0.346 e. The minimum atomic E-state index is -0.222. The van der Waals surface area contributed by atoms with Gasteiger partial charge in [0.05, 0.1) is 18.3 Å². The second kappa shape index (κ2) is 7.44. The van der Waals surface area contributed by atoms with Gasteiger partial charge >= 0.3 is 0 Å². The van der Waals surface area contributed by atoms with Gasteiger partial charge in [0.2, 0.25) is 11.9 Å². The molecule has 0 saturated carbocycles. The van der Waals surface area contributed by atoms with E-state index < -0.39 is 0 Å². The van der Waals surface area contributed by atoms with Gasteiger partial charge in [0, 0.05) is 42.6 Å². The first-order chi connectivity index (χ1) is 13.5. The van der Waals surface area contributed by atoms with Crippen LogP contribution in [0.2, 0.25) is 5.02 Å². The van der Waals surface area contributed by atoms with Crippen LogP contribution in [0.4, 0.5) is 5.95 Å². The van der Waals surface area contributed by atoms with Crippen molar-refractivity contribution in [2.45, 2.75) is 6.04 Å². The Bertz CT molecular complexity index is 1070. The summed E-state index contributed by atoms with van der Waals surface area (Å²) in [6, 6.07) is 12.2. The van der Waals surface area contributed by atoms with Crippen LogP contribution in [-0.2, 0) is 11.8 Å². The Hall–Kier alpha value is -3.19. The summed E-state index contributed by atoms with van der Waals surface area (Å²) in [5.41, 5.74) is 2.10. The molecule has 0 bridgehead atoms. The van der Waals surface area contributed by atoms with Gasteiger partial charge in [0.25, 0.3) is 5.56 Å². The molecule has 0 radical (unpaired) electrons. The Balaban J connectivity index is 1.71. The number of hydrogen-bond acceptors (Lipinski definition) is 5. The minimum absolute atomic E-state index is 0.129. The summed E-state index contributed by atoms with van der Waals surface area (Å²) in [4.78, 5) is 35.3. The molecule has 0 aliphatic carbocycles. The molecule has 1 aromatic carbocycles. The number of carbonyl (C=O) groups is 1. The fourth-order valence-electron chi connectivity index (χ4n) is 3.26. The zero-order valence-corrected chi connectivity index (χ0v) is 15.9. The molecule has 142 valence electrons. The van der Waals surface area contributed by atoms with E-state index in [-0.39, 0.29) is 24.1 Å². The average molecular weight is 396 g/mol. The predicted octanol–water partition coefficient (Wildman–Crippen LogP) is 2.17. The summed E-state index contributed by atoms with van der Waals surface area (Å²) in [5.74, 6) is 0.322. The van der Waals surface area contributed by atoms with E-state index >= 15 is 0 Å². The first-order valence-corrected chi connectivity index (χ1v) is 9.17. The monoisotopic (exact) mass is 395 g/mol. The Kier molecular flexibility index (Phi) is 4.83. The zero-order valence-electron chi connectivity index (χ0n) is 15.2. The Morgan fingerprint density at radius 2 is 1.82 bits per heavy atom. The Morgan fingerprint density at radius 1 is 1.11 bits per heavy atom. The lowest BCUT2D eigenvalue weighted by atomic mass is 10.0. The first-order valence-electron chi connectivity index (χ1n) is 8.79. The lowest BCUT2D eigenvalue weighted by Crippen LogP contribution is -2.51. The van der Waals surface area contributed by atoms with Gasteiger partial charge in [-0.05, 0) is 29.8 Å². The molecule has 8 heteroatoms. The van der Waals surface area contributed by atoms with Crippen molar-refractivity contribution in [3.63, 3.8) is 0 Å². The second-order valence-electron chi connectivity index (χ2n) is 6.63. The first kappa shape index (κ1) is 18.2. The predicted molar refractivity (Wildman–Crippen MR) is 107 cm³/mol. The average Bonchev–Trinajstić information content (AvgIpc) is 2.70. The van der Waals surface area contributed by atoms with E-state index in [0.717, 1.165) is 11.1 Å². The molecule has 0 spiro atoms. The van der Waals surface area contributed by atoms with Crippen LogP contribution >= 0.6 is 11.6 Å². The third-order valence-electron chi connectivity index (χ3n) is 4.72. The van der Waals surface area contributed by atoms with Crippen LogP contribution in [0.3, 0.4) is 0 Å². The number of piperazine rings is 1. The van der Waals surface area contributed by atoms with Crippen LogP contribution in [0, 0.1) is 0 Å². The fraction of sp³-hybridized carbons (Fsp3) is 0.200. The van der Waals surface area contributed by atoms with Crippen molar-refractivity contribution in [3.8, 4) is 11.3 Å². The maximum Gasteiger partial charge on any atom is 0.255 e. The van der Waals surface area contributed by atoms with Gasteiger partial charge in [0.15, 0.2) is 0 Å². The molecular formula is C20H18ClN5O2. The molecule has 28 heavy (non-hydrogen) atoms. The molecular weight excluding hydrogens is 378 g/mol. The van der Waals surface area contributed by atoms with Crippen molar-refractivity contribution in [2.24, 2.45) is 7.05 Å². The molecule has 3 aromatic rings. The van der Waals surface area contributed by atoms with Crippen molar-refractivity contribution >= 4 is 23.5 Å². The lowest BCUT2D eigenvalue weighted by molar-refractivity contribution is -0.121. The van der Waals surface area contributed by atoms with Gasteiger partial charge in [-0.15, -0.1) is 0 Å². The van der Waals surface area contributed by atoms with Gasteiger partial charge in [-0.1, -0.05) is 23.7 Å². The van der Waals surface area contributed by atoms with E-state index in [2.05, 4.69) is 15.3 Å². The number of rotatable bonds is 3. The Morgan fingerprint density at radius 3 is 2.54 bits per heavy atom. The molecule has 1 amide bonds. The number of amides is 1. The number of hydrogen-bond donors (Lipinski definition) is 1. The summed E-state index contributed by atoms with van der Waals surface area (Å²) in [5, 5.41) is 3.62. The highest BCUT2D eigenvalue weighted by Crippen LogP contribution is 2.24. The van der Waals surface area contributed by atoms with Gasteiger partial charge in [-0.2, -0.15) is 0 Å². The number of nitrogens with one attached hydrogen (secondary N) is 1. The van der Waals surface area contributed by atoms with Crippen LogP contribution in [0.1, 0.15) is 11.6 Å². The highest BCUT2D eigenvalue weighted by Gasteiger charge is 2.28. The quantitative estimate of drug-likeness (QED) is 0.735. The number of pyridine rings is 1. The number of benzene rings is 1. The van der Waals surface area contributed by atoms with Crippen LogP contribution in [-0.4, -0.2) is 33.5 Å². The zero-order chi connectivity index (χ0) is 19.7. The van der Waals surface area contributed by atoms with Gasteiger partial charge in [0.1, 0.15) is 0 Å². The van der Waals surface area contributed by atoms with Crippen LogP contribution < -0.4 is 15.8 Å². The van der Waals surface area contributed by atoms with Crippen molar-refractivity contribution in [2.75, 3.05) is 18.0 Å². The van der Waals surface area contributed by atoms with Crippen molar-refractivity contribution < 1.29 is 4.79 Å². The van der Waals surface area contributed by atoms with Crippen molar-refractivity contribution in [3.05, 3.63) is 75.8 Å². The van der Waals surface area contributed by atoms with E-state index in [1.807, 2.05) is 17.0 Å². The highest BCUT2D eigenvalue weighted by atomic mass is 35.5. The van der Waals surface area contributed by atoms with Crippen LogP contribution in [0.15, 0.2) is 59.7 Å². The molecule has 1 aliphatic heterocycles. The van der Waals surface area contributed by atoms with Gasteiger partial charge in [-0.3, -0.25) is 19.1 Å². The molecule has 1 N–H and O–H groups in total. The highest BCUT2D eigenvalue weighted by molar-refractivity contribution is 6.30. The number of carbonyl (C=O) groups excluding carboxylic acids is 1. The molecule has 2 aromatic heterocycles. The van der Waals surface area contributed by atoms with E-state index in [1.54, 1.807) is 43.7 Å². The SMILES string of the molecule is Cn1c(N2CC(=O)NC(c3ccc(Cl)cc3)C2)nc(-c2ccncc2)cc1=O. The largest absolute Gasteiger partial charge is 0.346 e. The number of halogens is 1. The fourth-order valence-corrected chi connectivity index (χ4v) is 3.39. The van der Waals surface area contributed by atoms with E-state index in [9.17, 15) is 9.59 Å². The van der Waals surface area contributed by atoms with E-state index in [0.29, 0.717) is 23.2 Å². The lowest BCUT2D eigenvalue weighted by Gasteiger charge is -2.34. The van der Waals surface area contributed by atoms with E-state index in [1.165, 1.54) is 10.6 Å². The summed E-state index contributed by atoms with van der Waals surface area (Å²) >= 11 is 5.97. The molecule has 3 heterocycles. The summed E-state index contributed by atoms with van der Waals surface area (Å²) in [6.07, 6.45) is 3.30. The third-order valence-corrected chi connectivity index (χ3v) is 4.97. The topological polar surface area (TPSA) is 80.1 Å². The van der Waals surface area contributed by atoms with Crippen LogP contribution in [0.25, 0.3) is 11.3 Å². The van der Waals surface area contributed by atoms with E-state index in [4.69, 9.17) is 11.6 Å². The number of anilines is 1. The molecule has 1 fully saturated rings. The maximum absolute atomic E-state index is 12.5. The molecule has 1 aliphatic rings. The molecule has 1 unspecified atom stereocenters. The summed E-state index contributed by atoms with van der Waals surface area (Å²) in [7, 11) is 1.66. The normalized spacial score (nSPS) is 16.7. The smallest absolute Gasteiger partial charge is 0.255 e. The summed E-state index contributed by atoms with van der Waals surface area (Å²) in [6.45, 7) is 0.623. The molecule has 4 rings (SSSR count). The number of aromatic nitrogens is 3. The Labute approximate surface area is 166 Å². The van der Waals surface area contributed by atoms with Gasteiger partial charge in [-0.25, -0.2) is 4.98 Å². The molecule has 1 saturated heterocycles. The standard InChI is InChI=1S/C20H18ClN5O2/c1-25-19(28)10-16(14-6-8-22-9-7-14)24-20(25)26-11-17(23-18(27)12-26)13-2-4-15(21)5-3-13/h2-10,17H,11-12H2,1H3,(H,23,27). The van der Waals surface area contributed by atoms with Crippen molar-refractivity contribution in [1.29, 1.82) is 0 Å². The molecule has 1 atom stereocenters. The van der Waals surface area contributed by atoms with Crippen LogP contribution in [0.5, 0.6) is 0 Å². The van der Waals surface area contributed by atoms with Crippen molar-refractivity contribution in [1.82, 2.24) is 19.9 Å². The number of nitrogens with zero attached hydrogens (tertiary/aromatic N) is 4.